The minimum Gasteiger partial charge on any atom is -0.361 e. The molecule has 10 heavy (non-hydrogen) atoms. The Morgan fingerprint density at radius 1 is 1.30 bits per heavy atom. The topological polar surface area (TPSA) is 12.0 Å². The zero-order chi connectivity index (χ0) is 6.29. The maximum absolute atomic E-state index is 3.30. The van der Waals surface area contributed by atoms with Crippen LogP contribution < -0.4 is 5.32 Å². The molecule has 0 aromatic carbocycles. The van der Waals surface area contributed by atoms with Crippen molar-refractivity contribution in [2.45, 2.75) is 0 Å². The molecule has 1 nitrogen and oxygen atoms in total. The number of hydrogen-bond acceptors (Lipinski definition) is 1. The molecule has 0 spiro atoms. The zero-order valence-electron chi connectivity index (χ0n) is 5.31. The third-order valence-corrected chi connectivity index (χ3v) is 2.83. The lowest BCUT2D eigenvalue weighted by Crippen LogP contribution is -2.19. The van der Waals surface area contributed by atoms with E-state index in [9.17, 15) is 0 Å². The summed E-state index contributed by atoms with van der Waals surface area (Å²) >= 11 is 0. The third-order valence-electron chi connectivity index (χ3n) is 2.83. The van der Waals surface area contributed by atoms with Gasteiger partial charge < -0.3 is 5.32 Å². The second kappa shape index (κ2) is 0.823. The van der Waals surface area contributed by atoms with Gasteiger partial charge in [0.2, 0.25) is 0 Å². The number of allylic oxidation sites excluding steroid dienone is 5. The molecule has 0 saturated carbocycles. The van der Waals surface area contributed by atoms with Crippen LogP contribution in [0.25, 0.3) is 0 Å². The predicted molar refractivity (Wildman–Crippen MR) is 37.9 cm³/mol. The molecule has 46 valence electrons. The number of dihydropyridines is 1. The fourth-order valence-corrected chi connectivity index (χ4v) is 2.36. The van der Waals surface area contributed by atoms with Gasteiger partial charge in [0.25, 0.3) is 0 Å². The van der Waals surface area contributed by atoms with Gasteiger partial charge in [-0.15, -0.1) is 0 Å². The molecular formula is C9H5N. The van der Waals surface area contributed by atoms with Crippen LogP contribution in [0.3, 0.4) is 0 Å². The highest BCUT2D eigenvalue weighted by atomic mass is 14.9. The van der Waals surface area contributed by atoms with Crippen molar-refractivity contribution in [1.82, 2.24) is 5.32 Å². The molecule has 0 fully saturated rings. The summed E-state index contributed by atoms with van der Waals surface area (Å²) in [6.07, 6.45) is 6.74. The summed E-state index contributed by atoms with van der Waals surface area (Å²) in [6, 6.07) is 0. The molecule has 0 amide bonds. The SMILES string of the molecule is C1=C2C3=CC4=C2NC=C1C34. The number of fused-ring (bicyclic) bond motifs is 1. The van der Waals surface area contributed by atoms with E-state index in [0.29, 0.717) is 5.92 Å². The lowest BCUT2D eigenvalue weighted by molar-refractivity contribution is 0.838. The van der Waals surface area contributed by atoms with E-state index in [-0.39, 0.29) is 0 Å². The summed E-state index contributed by atoms with van der Waals surface area (Å²) in [5.41, 5.74) is 7.41. The van der Waals surface area contributed by atoms with Crippen molar-refractivity contribution in [2.24, 2.45) is 5.92 Å². The van der Waals surface area contributed by atoms with Gasteiger partial charge in [0.15, 0.2) is 0 Å². The van der Waals surface area contributed by atoms with E-state index in [1.165, 1.54) is 22.4 Å². The monoisotopic (exact) mass is 127 g/mol. The molecule has 1 unspecified atom stereocenters. The smallest absolute Gasteiger partial charge is 0.0499 e. The zero-order valence-corrected chi connectivity index (χ0v) is 5.31. The van der Waals surface area contributed by atoms with Gasteiger partial charge in [-0.05, 0) is 22.8 Å². The largest absolute Gasteiger partial charge is 0.361 e. The van der Waals surface area contributed by atoms with Crippen molar-refractivity contribution in [1.29, 1.82) is 0 Å². The van der Waals surface area contributed by atoms with Crippen LogP contribution in [0.15, 0.2) is 46.3 Å². The van der Waals surface area contributed by atoms with Crippen LogP contribution in [0.5, 0.6) is 0 Å². The van der Waals surface area contributed by atoms with E-state index >= 15 is 0 Å². The van der Waals surface area contributed by atoms with Gasteiger partial charge >= 0.3 is 0 Å². The molecule has 1 heteroatoms. The van der Waals surface area contributed by atoms with Crippen LogP contribution >= 0.6 is 0 Å². The lowest BCUT2D eigenvalue weighted by Gasteiger charge is -2.24. The van der Waals surface area contributed by atoms with Gasteiger partial charge in [0, 0.05) is 23.4 Å². The van der Waals surface area contributed by atoms with E-state index in [1.54, 1.807) is 5.57 Å². The maximum atomic E-state index is 3.30. The molecule has 0 aromatic rings. The Labute approximate surface area is 58.4 Å². The molecule has 2 heterocycles. The summed E-state index contributed by atoms with van der Waals surface area (Å²) in [7, 11) is 0. The van der Waals surface area contributed by atoms with Crippen molar-refractivity contribution < 1.29 is 0 Å². The molecule has 0 saturated heterocycles. The number of rotatable bonds is 0. The Morgan fingerprint density at radius 3 is 2.90 bits per heavy atom. The van der Waals surface area contributed by atoms with E-state index in [0.717, 1.165) is 0 Å². The molecule has 1 atom stereocenters. The van der Waals surface area contributed by atoms with Crippen LogP contribution in [0, 0.1) is 5.92 Å². The second-order valence-corrected chi connectivity index (χ2v) is 3.21. The molecule has 0 radical (unpaired) electrons. The Hall–Kier alpha value is -1.24. The molecule has 2 aliphatic heterocycles. The average Bonchev–Trinajstić information content (AvgIpc) is 2.40. The fourth-order valence-electron chi connectivity index (χ4n) is 2.36. The summed E-state index contributed by atoms with van der Waals surface area (Å²) in [5, 5.41) is 3.30. The van der Waals surface area contributed by atoms with Gasteiger partial charge in [0.05, 0.1) is 0 Å². The standard InChI is InChI=1S/C9H5N/c1-4-3-10-9-6(1)5-2-7(9)8(4)5/h1-3,8,10H. The third kappa shape index (κ3) is 0.175. The van der Waals surface area contributed by atoms with Crippen LogP contribution in [-0.4, -0.2) is 0 Å². The minimum atomic E-state index is 0.714. The van der Waals surface area contributed by atoms with E-state index in [4.69, 9.17) is 0 Å². The van der Waals surface area contributed by atoms with Crippen LogP contribution in [-0.2, 0) is 0 Å². The van der Waals surface area contributed by atoms with Crippen molar-refractivity contribution in [3.8, 4) is 0 Å². The van der Waals surface area contributed by atoms with Gasteiger partial charge in [0.1, 0.15) is 0 Å². The fraction of sp³-hybridized carbons (Fsp3) is 0.111. The second-order valence-electron chi connectivity index (χ2n) is 3.21. The first-order chi connectivity index (χ1) is 4.95. The summed E-state index contributed by atoms with van der Waals surface area (Å²) in [6.45, 7) is 0. The number of hydrogen-bond donors (Lipinski definition) is 1. The highest BCUT2D eigenvalue weighted by molar-refractivity contribution is 5.81. The van der Waals surface area contributed by atoms with E-state index < -0.39 is 0 Å². The average molecular weight is 127 g/mol. The van der Waals surface area contributed by atoms with Crippen molar-refractivity contribution in [3.63, 3.8) is 0 Å². The molecule has 3 aliphatic carbocycles. The first kappa shape index (κ1) is 3.81. The predicted octanol–water partition coefficient (Wildman–Crippen LogP) is 1.24. The molecule has 1 N–H and O–H groups in total. The molecular weight excluding hydrogens is 122 g/mol. The van der Waals surface area contributed by atoms with Crippen molar-refractivity contribution in [3.05, 3.63) is 46.3 Å². The molecule has 6 bridgehead atoms. The molecule has 5 rings (SSSR count). The normalized spacial score (nSPS) is 35.2. The van der Waals surface area contributed by atoms with Crippen LogP contribution in [0.4, 0.5) is 0 Å². The highest BCUT2D eigenvalue weighted by Crippen LogP contribution is 2.59. The van der Waals surface area contributed by atoms with Crippen molar-refractivity contribution in [2.75, 3.05) is 0 Å². The molecule has 5 aliphatic rings. The van der Waals surface area contributed by atoms with Gasteiger partial charge in [-0.25, -0.2) is 0 Å². The maximum Gasteiger partial charge on any atom is 0.0499 e. The Balaban J connectivity index is 2.33. The van der Waals surface area contributed by atoms with Gasteiger partial charge in [-0.2, -0.15) is 0 Å². The van der Waals surface area contributed by atoms with E-state index in [2.05, 4.69) is 23.7 Å². The van der Waals surface area contributed by atoms with Gasteiger partial charge in [-0.3, -0.25) is 0 Å². The van der Waals surface area contributed by atoms with Crippen LogP contribution in [0.2, 0.25) is 0 Å². The van der Waals surface area contributed by atoms with Crippen molar-refractivity contribution >= 4 is 0 Å². The van der Waals surface area contributed by atoms with Crippen LogP contribution in [0.1, 0.15) is 0 Å². The summed E-state index contributed by atoms with van der Waals surface area (Å²) in [5.74, 6) is 0.714. The minimum absolute atomic E-state index is 0.714. The Bertz CT molecular complexity index is 391. The number of nitrogens with one attached hydrogen (secondary N) is 1. The Morgan fingerprint density at radius 2 is 2.30 bits per heavy atom. The van der Waals surface area contributed by atoms with E-state index in [1.807, 2.05) is 0 Å². The first-order valence-corrected chi connectivity index (χ1v) is 3.60. The Kier molecular flexibility index (Phi) is 0.314. The summed E-state index contributed by atoms with van der Waals surface area (Å²) in [4.78, 5) is 0. The molecule has 0 aromatic heterocycles. The summed E-state index contributed by atoms with van der Waals surface area (Å²) < 4.78 is 0. The quantitative estimate of drug-likeness (QED) is 0.516. The lowest BCUT2D eigenvalue weighted by atomic mass is 9.82. The van der Waals surface area contributed by atoms with Gasteiger partial charge in [-0.1, -0.05) is 6.08 Å². The first-order valence-electron chi connectivity index (χ1n) is 3.60. The highest BCUT2D eigenvalue weighted by Gasteiger charge is 2.48.